The van der Waals surface area contributed by atoms with E-state index in [9.17, 15) is 0 Å². The van der Waals surface area contributed by atoms with Crippen LogP contribution in [0.25, 0.3) is 9.88 Å². The fourth-order valence-corrected chi connectivity index (χ4v) is 2.50. The Morgan fingerprint density at radius 1 is 1.31 bits per heavy atom. The second-order valence-electron chi connectivity index (χ2n) is 2.32. The van der Waals surface area contributed by atoms with Gasteiger partial charge in [-0.05, 0) is 18.5 Å². The topological polar surface area (TPSA) is 51.6 Å². The van der Waals surface area contributed by atoms with Crippen molar-refractivity contribution >= 4 is 34.5 Å². The molecule has 0 radical (unpaired) electrons. The summed E-state index contributed by atoms with van der Waals surface area (Å²) in [5.74, 6) is 0.406. The Labute approximate surface area is 87.8 Å². The molecule has 0 bridgehead atoms. The van der Waals surface area contributed by atoms with Crippen molar-refractivity contribution in [2.24, 2.45) is 0 Å². The van der Waals surface area contributed by atoms with Crippen molar-refractivity contribution in [1.29, 1.82) is 0 Å². The summed E-state index contributed by atoms with van der Waals surface area (Å²) in [6.07, 6.45) is 0. The molecule has 2 rings (SSSR count). The molecule has 2 heterocycles. The van der Waals surface area contributed by atoms with E-state index in [1.165, 1.54) is 22.9 Å². The zero-order chi connectivity index (χ0) is 9.26. The van der Waals surface area contributed by atoms with Crippen molar-refractivity contribution in [3.05, 3.63) is 10.7 Å². The SMILES string of the molecule is Cc1nnsc1-c1nnc(CCl)s1. The minimum absolute atomic E-state index is 0.406. The predicted molar refractivity (Wildman–Crippen MR) is 53.1 cm³/mol. The Balaban J connectivity index is 2.41. The van der Waals surface area contributed by atoms with Crippen LogP contribution in [0.15, 0.2) is 0 Å². The summed E-state index contributed by atoms with van der Waals surface area (Å²) < 4.78 is 3.83. The molecular weight excluding hydrogens is 228 g/mol. The van der Waals surface area contributed by atoms with Gasteiger partial charge in [-0.25, -0.2) is 0 Å². The van der Waals surface area contributed by atoms with Gasteiger partial charge in [0.15, 0.2) is 5.01 Å². The van der Waals surface area contributed by atoms with Gasteiger partial charge in [-0.3, -0.25) is 0 Å². The Kier molecular flexibility index (Phi) is 2.52. The van der Waals surface area contributed by atoms with Gasteiger partial charge in [-0.1, -0.05) is 15.8 Å². The van der Waals surface area contributed by atoms with Crippen molar-refractivity contribution in [1.82, 2.24) is 19.8 Å². The Morgan fingerprint density at radius 3 is 2.69 bits per heavy atom. The summed E-state index contributed by atoms with van der Waals surface area (Å²) >= 11 is 8.43. The molecule has 0 aliphatic rings. The average molecular weight is 233 g/mol. The summed E-state index contributed by atoms with van der Waals surface area (Å²) in [5.41, 5.74) is 0.891. The molecule has 0 amide bonds. The van der Waals surface area contributed by atoms with Gasteiger partial charge in [0.05, 0.1) is 11.6 Å². The van der Waals surface area contributed by atoms with Crippen LogP contribution in [0, 0.1) is 6.92 Å². The van der Waals surface area contributed by atoms with E-state index in [0.29, 0.717) is 5.88 Å². The highest BCUT2D eigenvalue weighted by molar-refractivity contribution is 7.19. The number of hydrogen-bond acceptors (Lipinski definition) is 6. The van der Waals surface area contributed by atoms with Crippen LogP contribution in [0.4, 0.5) is 0 Å². The average Bonchev–Trinajstić information content (AvgIpc) is 2.71. The van der Waals surface area contributed by atoms with Gasteiger partial charge in [0, 0.05) is 0 Å². The maximum atomic E-state index is 5.62. The van der Waals surface area contributed by atoms with Gasteiger partial charge in [0.25, 0.3) is 0 Å². The molecular formula is C6H5ClN4S2. The van der Waals surface area contributed by atoms with E-state index in [4.69, 9.17) is 11.6 Å². The van der Waals surface area contributed by atoms with Crippen molar-refractivity contribution in [2.45, 2.75) is 12.8 Å². The van der Waals surface area contributed by atoms with Crippen LogP contribution in [0.5, 0.6) is 0 Å². The second kappa shape index (κ2) is 3.65. The van der Waals surface area contributed by atoms with E-state index in [1.54, 1.807) is 0 Å². The zero-order valence-electron chi connectivity index (χ0n) is 6.69. The number of hydrogen-bond donors (Lipinski definition) is 0. The molecule has 13 heavy (non-hydrogen) atoms. The minimum atomic E-state index is 0.406. The van der Waals surface area contributed by atoms with Crippen LogP contribution < -0.4 is 0 Å². The highest BCUT2D eigenvalue weighted by Gasteiger charge is 2.11. The third-order valence-electron chi connectivity index (χ3n) is 1.43. The molecule has 0 N–H and O–H groups in total. The molecule has 4 nitrogen and oxygen atoms in total. The van der Waals surface area contributed by atoms with Crippen molar-refractivity contribution in [3.8, 4) is 9.88 Å². The fourth-order valence-electron chi connectivity index (χ4n) is 0.827. The van der Waals surface area contributed by atoms with Gasteiger partial charge in [0.2, 0.25) is 0 Å². The molecule has 0 aromatic carbocycles. The fraction of sp³-hybridized carbons (Fsp3) is 0.333. The third kappa shape index (κ3) is 1.70. The van der Waals surface area contributed by atoms with Crippen molar-refractivity contribution in [2.75, 3.05) is 0 Å². The first kappa shape index (κ1) is 8.98. The third-order valence-corrected chi connectivity index (χ3v) is 3.74. The number of aryl methyl sites for hydroxylation is 1. The number of nitrogens with zero attached hydrogens (tertiary/aromatic N) is 4. The molecule has 2 aromatic heterocycles. The molecule has 0 saturated carbocycles. The second-order valence-corrected chi connectivity index (χ2v) is 4.41. The molecule has 68 valence electrons. The maximum Gasteiger partial charge on any atom is 0.161 e. The monoisotopic (exact) mass is 232 g/mol. The van der Waals surface area contributed by atoms with Crippen LogP contribution in [0.3, 0.4) is 0 Å². The smallest absolute Gasteiger partial charge is 0.143 e. The molecule has 0 spiro atoms. The first-order valence-corrected chi connectivity index (χ1v) is 5.61. The molecule has 0 aliphatic heterocycles. The number of aromatic nitrogens is 4. The van der Waals surface area contributed by atoms with Crippen LogP contribution in [-0.2, 0) is 5.88 Å². The first-order chi connectivity index (χ1) is 6.31. The molecule has 0 atom stereocenters. The van der Waals surface area contributed by atoms with Crippen molar-refractivity contribution in [3.63, 3.8) is 0 Å². The zero-order valence-corrected chi connectivity index (χ0v) is 9.08. The van der Waals surface area contributed by atoms with Crippen LogP contribution in [0.1, 0.15) is 10.7 Å². The molecule has 7 heteroatoms. The minimum Gasteiger partial charge on any atom is -0.143 e. The van der Waals surface area contributed by atoms with E-state index in [1.807, 2.05) is 6.92 Å². The molecule has 0 aliphatic carbocycles. The summed E-state index contributed by atoms with van der Waals surface area (Å²) in [5, 5.41) is 13.5. The molecule has 0 fully saturated rings. The normalized spacial score (nSPS) is 10.6. The van der Waals surface area contributed by atoms with Crippen molar-refractivity contribution < 1.29 is 0 Å². The van der Waals surface area contributed by atoms with Gasteiger partial charge >= 0.3 is 0 Å². The van der Waals surface area contributed by atoms with E-state index >= 15 is 0 Å². The lowest BCUT2D eigenvalue weighted by atomic mass is 10.4. The standard InChI is InChI=1S/C6H5ClN4S2/c1-3-5(13-11-8-3)6-10-9-4(2-7)12-6/h2H2,1H3. The summed E-state index contributed by atoms with van der Waals surface area (Å²) in [6.45, 7) is 1.90. The summed E-state index contributed by atoms with van der Waals surface area (Å²) in [4.78, 5) is 0.980. The van der Waals surface area contributed by atoms with Gasteiger partial charge in [-0.2, -0.15) is 0 Å². The maximum absolute atomic E-state index is 5.62. The van der Waals surface area contributed by atoms with E-state index in [2.05, 4.69) is 19.8 Å². The highest BCUT2D eigenvalue weighted by Crippen LogP contribution is 2.28. The van der Waals surface area contributed by atoms with Crippen LogP contribution in [0.2, 0.25) is 0 Å². The number of alkyl halides is 1. The quantitative estimate of drug-likeness (QED) is 0.745. The Bertz CT molecular complexity index is 410. The molecule has 2 aromatic rings. The lowest BCUT2D eigenvalue weighted by molar-refractivity contribution is 1.04. The summed E-state index contributed by atoms with van der Waals surface area (Å²) in [7, 11) is 0. The predicted octanol–water partition coefficient (Wildman–Crippen LogP) is 2.10. The van der Waals surface area contributed by atoms with Crippen LogP contribution >= 0.6 is 34.5 Å². The molecule has 0 unspecified atom stereocenters. The van der Waals surface area contributed by atoms with Gasteiger partial charge < -0.3 is 0 Å². The number of halogens is 1. The summed E-state index contributed by atoms with van der Waals surface area (Å²) in [6, 6.07) is 0. The first-order valence-electron chi connectivity index (χ1n) is 3.49. The Morgan fingerprint density at radius 2 is 2.15 bits per heavy atom. The van der Waals surface area contributed by atoms with E-state index in [-0.39, 0.29) is 0 Å². The largest absolute Gasteiger partial charge is 0.161 e. The lowest BCUT2D eigenvalue weighted by Gasteiger charge is -1.85. The van der Waals surface area contributed by atoms with E-state index in [0.717, 1.165) is 20.6 Å². The molecule has 0 saturated heterocycles. The Hall–Kier alpha value is -0.590. The van der Waals surface area contributed by atoms with E-state index < -0.39 is 0 Å². The van der Waals surface area contributed by atoms with Gasteiger partial charge in [-0.15, -0.1) is 26.9 Å². The highest BCUT2D eigenvalue weighted by atomic mass is 35.5. The van der Waals surface area contributed by atoms with Gasteiger partial charge in [0.1, 0.15) is 9.88 Å². The lowest BCUT2D eigenvalue weighted by Crippen LogP contribution is -1.77. The number of rotatable bonds is 2. The van der Waals surface area contributed by atoms with Crippen LogP contribution in [-0.4, -0.2) is 19.8 Å².